The van der Waals surface area contributed by atoms with Crippen LogP contribution in [0.4, 0.5) is 10.1 Å². The lowest BCUT2D eigenvalue weighted by molar-refractivity contribution is 0.630. The predicted octanol–water partition coefficient (Wildman–Crippen LogP) is 2.20. The lowest BCUT2D eigenvalue weighted by Crippen LogP contribution is -2.01. The van der Waals surface area contributed by atoms with Gasteiger partial charge in [0, 0.05) is 6.20 Å². The fourth-order valence-electron chi connectivity index (χ4n) is 1.16. The first-order chi connectivity index (χ1) is 6.68. The van der Waals surface area contributed by atoms with Crippen molar-refractivity contribution in [2.75, 3.05) is 5.73 Å². The number of halogens is 2. The van der Waals surface area contributed by atoms with Crippen LogP contribution in [-0.2, 0) is 0 Å². The van der Waals surface area contributed by atoms with Crippen molar-refractivity contribution in [2.24, 2.45) is 0 Å². The summed E-state index contributed by atoms with van der Waals surface area (Å²) in [6, 6.07) is 4.66. The molecule has 3 nitrogen and oxygen atoms in total. The van der Waals surface area contributed by atoms with E-state index in [1.807, 2.05) is 0 Å². The fourth-order valence-corrected chi connectivity index (χ4v) is 1.55. The van der Waals surface area contributed by atoms with Gasteiger partial charge in [0.1, 0.15) is 5.82 Å². The van der Waals surface area contributed by atoms with E-state index in [4.69, 9.17) is 5.73 Å². The van der Waals surface area contributed by atoms with Gasteiger partial charge >= 0.3 is 0 Å². The molecule has 0 saturated heterocycles. The number of nitrogens with two attached hydrogens (primary N) is 1. The topological polar surface area (TPSA) is 43.8 Å². The van der Waals surface area contributed by atoms with Crippen molar-refractivity contribution >= 4 is 28.3 Å². The molecule has 0 fully saturated rings. The van der Waals surface area contributed by atoms with Crippen LogP contribution in [0, 0.1) is 9.39 Å². The summed E-state index contributed by atoms with van der Waals surface area (Å²) in [7, 11) is 0. The van der Waals surface area contributed by atoms with Crippen LogP contribution in [-0.4, -0.2) is 9.78 Å². The van der Waals surface area contributed by atoms with Gasteiger partial charge in [0.15, 0.2) is 0 Å². The molecule has 14 heavy (non-hydrogen) atoms. The Morgan fingerprint density at radius 2 is 2.21 bits per heavy atom. The maximum absolute atomic E-state index is 13.1. The van der Waals surface area contributed by atoms with Gasteiger partial charge in [0.05, 0.1) is 21.1 Å². The van der Waals surface area contributed by atoms with Crippen molar-refractivity contribution in [3.63, 3.8) is 0 Å². The highest BCUT2D eigenvalue weighted by atomic mass is 127. The fraction of sp³-hybridized carbons (Fsp3) is 0. The molecule has 2 rings (SSSR count). The van der Waals surface area contributed by atoms with E-state index in [9.17, 15) is 4.39 Å². The molecule has 2 aromatic rings. The number of nitrogen functional groups attached to an aromatic ring is 1. The van der Waals surface area contributed by atoms with Crippen molar-refractivity contribution in [1.82, 2.24) is 9.78 Å². The van der Waals surface area contributed by atoms with Crippen LogP contribution in [0.15, 0.2) is 30.6 Å². The highest BCUT2D eigenvalue weighted by Gasteiger charge is 2.06. The van der Waals surface area contributed by atoms with Gasteiger partial charge in [-0.1, -0.05) is 6.07 Å². The number of hydrogen-bond acceptors (Lipinski definition) is 2. The summed E-state index contributed by atoms with van der Waals surface area (Å²) in [5.41, 5.74) is 6.27. The minimum absolute atomic E-state index is 0.118. The zero-order valence-electron chi connectivity index (χ0n) is 7.11. The van der Waals surface area contributed by atoms with E-state index in [2.05, 4.69) is 27.7 Å². The Morgan fingerprint density at radius 3 is 2.86 bits per heavy atom. The zero-order valence-corrected chi connectivity index (χ0v) is 9.27. The number of anilines is 1. The summed E-state index contributed by atoms with van der Waals surface area (Å²) in [5.74, 6) is -0.423. The van der Waals surface area contributed by atoms with Crippen LogP contribution < -0.4 is 5.73 Å². The molecule has 0 bridgehead atoms. The second-order valence-electron chi connectivity index (χ2n) is 2.78. The smallest absolute Gasteiger partial charge is 0.148 e. The van der Waals surface area contributed by atoms with Gasteiger partial charge in [-0.15, -0.1) is 0 Å². The molecule has 1 aromatic heterocycles. The first kappa shape index (κ1) is 9.45. The van der Waals surface area contributed by atoms with Crippen LogP contribution in [0.25, 0.3) is 5.69 Å². The Balaban J connectivity index is 2.57. The number of hydrogen-bond donors (Lipinski definition) is 1. The van der Waals surface area contributed by atoms with E-state index in [1.54, 1.807) is 29.2 Å². The Kier molecular flexibility index (Phi) is 2.40. The lowest BCUT2D eigenvalue weighted by Gasteiger charge is -2.05. The van der Waals surface area contributed by atoms with Crippen molar-refractivity contribution in [1.29, 1.82) is 0 Å². The molecule has 0 unspecified atom stereocenters. The van der Waals surface area contributed by atoms with E-state index in [0.29, 0.717) is 5.69 Å². The van der Waals surface area contributed by atoms with E-state index < -0.39 is 5.82 Å². The normalized spacial score (nSPS) is 10.4. The molecule has 0 amide bonds. The van der Waals surface area contributed by atoms with E-state index >= 15 is 0 Å². The number of para-hydroxylation sites is 1. The molecule has 0 aliphatic heterocycles. The second-order valence-corrected chi connectivity index (χ2v) is 4.02. The first-order valence-corrected chi connectivity index (χ1v) is 5.01. The number of rotatable bonds is 1. The van der Waals surface area contributed by atoms with Crippen LogP contribution in [0.5, 0.6) is 0 Å². The van der Waals surface area contributed by atoms with E-state index in [0.717, 1.165) is 3.57 Å². The number of benzene rings is 1. The van der Waals surface area contributed by atoms with Gasteiger partial charge in [-0.25, -0.2) is 9.07 Å². The summed E-state index contributed by atoms with van der Waals surface area (Å²) in [4.78, 5) is 0. The predicted molar refractivity (Wildman–Crippen MR) is 60.7 cm³/mol. The van der Waals surface area contributed by atoms with E-state index in [1.165, 1.54) is 6.07 Å². The molecule has 0 aliphatic rings. The molecular weight excluding hydrogens is 296 g/mol. The lowest BCUT2D eigenvalue weighted by atomic mass is 10.2. The molecule has 0 aliphatic carbocycles. The Bertz CT molecular complexity index is 467. The van der Waals surface area contributed by atoms with Crippen molar-refractivity contribution in [3.8, 4) is 5.69 Å². The summed E-state index contributed by atoms with van der Waals surface area (Å²) < 4.78 is 15.6. The van der Waals surface area contributed by atoms with Gasteiger partial charge in [-0.05, 0) is 34.7 Å². The standard InChI is InChI=1S/C9H7FIN3/c10-7-2-1-3-8(9(7)12)14-5-6(11)4-13-14/h1-5H,12H2. The highest BCUT2D eigenvalue weighted by Crippen LogP contribution is 2.20. The SMILES string of the molecule is Nc1c(F)cccc1-n1cc(I)cn1. The van der Waals surface area contributed by atoms with Crippen LogP contribution >= 0.6 is 22.6 Å². The third-order valence-electron chi connectivity index (χ3n) is 1.83. The van der Waals surface area contributed by atoms with Crippen molar-refractivity contribution in [2.45, 2.75) is 0 Å². The van der Waals surface area contributed by atoms with Gasteiger partial charge < -0.3 is 5.73 Å². The van der Waals surface area contributed by atoms with Crippen molar-refractivity contribution < 1.29 is 4.39 Å². The zero-order chi connectivity index (χ0) is 10.1. The summed E-state index contributed by atoms with van der Waals surface area (Å²) in [5, 5.41) is 4.05. The summed E-state index contributed by atoms with van der Waals surface area (Å²) in [6.45, 7) is 0. The largest absolute Gasteiger partial charge is 0.395 e. The van der Waals surface area contributed by atoms with Gasteiger partial charge in [-0.3, -0.25) is 0 Å². The monoisotopic (exact) mass is 303 g/mol. The van der Waals surface area contributed by atoms with E-state index in [-0.39, 0.29) is 5.69 Å². The molecule has 0 radical (unpaired) electrons. The molecule has 0 atom stereocenters. The number of aromatic nitrogens is 2. The average Bonchev–Trinajstić information content (AvgIpc) is 2.57. The molecule has 5 heteroatoms. The molecule has 1 aromatic carbocycles. The minimum Gasteiger partial charge on any atom is -0.395 e. The Hall–Kier alpha value is -1.11. The minimum atomic E-state index is -0.423. The molecule has 0 saturated carbocycles. The molecule has 1 heterocycles. The Labute approximate surface area is 93.9 Å². The quantitative estimate of drug-likeness (QED) is 0.648. The number of nitrogens with zero attached hydrogens (tertiary/aromatic N) is 2. The second kappa shape index (κ2) is 3.56. The first-order valence-electron chi connectivity index (χ1n) is 3.93. The maximum Gasteiger partial charge on any atom is 0.148 e. The Morgan fingerprint density at radius 1 is 1.43 bits per heavy atom. The van der Waals surface area contributed by atoms with Crippen LogP contribution in [0.3, 0.4) is 0 Å². The third-order valence-corrected chi connectivity index (χ3v) is 2.38. The van der Waals surface area contributed by atoms with Gasteiger partial charge in [0.25, 0.3) is 0 Å². The molecule has 2 N–H and O–H groups in total. The highest BCUT2D eigenvalue weighted by molar-refractivity contribution is 14.1. The molecular formula is C9H7FIN3. The van der Waals surface area contributed by atoms with Gasteiger partial charge in [-0.2, -0.15) is 5.10 Å². The molecule has 72 valence electrons. The third kappa shape index (κ3) is 1.59. The molecule has 0 spiro atoms. The summed E-state index contributed by atoms with van der Waals surface area (Å²) >= 11 is 2.13. The summed E-state index contributed by atoms with van der Waals surface area (Å²) in [6.07, 6.45) is 3.47. The van der Waals surface area contributed by atoms with Crippen LogP contribution in [0.1, 0.15) is 0 Å². The van der Waals surface area contributed by atoms with Crippen molar-refractivity contribution in [3.05, 3.63) is 40.0 Å². The van der Waals surface area contributed by atoms with Crippen LogP contribution in [0.2, 0.25) is 0 Å². The average molecular weight is 303 g/mol. The maximum atomic E-state index is 13.1. The van der Waals surface area contributed by atoms with Gasteiger partial charge in [0.2, 0.25) is 0 Å².